The number of fused-ring (bicyclic) bond motifs is 4. The summed E-state index contributed by atoms with van der Waals surface area (Å²) in [5.74, 6) is 0.737. The molecule has 0 spiro atoms. The van der Waals surface area contributed by atoms with Crippen LogP contribution in [-0.2, 0) is 0 Å². The fourth-order valence-electron chi connectivity index (χ4n) is 6.11. The van der Waals surface area contributed by atoms with Gasteiger partial charge in [0.15, 0.2) is 5.82 Å². The summed E-state index contributed by atoms with van der Waals surface area (Å²) >= 11 is 0. The highest BCUT2D eigenvalue weighted by atomic mass is 14.8. The van der Waals surface area contributed by atoms with E-state index >= 15 is 0 Å². The summed E-state index contributed by atoms with van der Waals surface area (Å²) in [6.07, 6.45) is 3.58. The van der Waals surface area contributed by atoms with E-state index in [1.165, 1.54) is 65.7 Å². The van der Waals surface area contributed by atoms with Crippen LogP contribution in [0.15, 0.2) is 158 Å². The van der Waals surface area contributed by atoms with Crippen LogP contribution in [0.25, 0.3) is 77.1 Å². The van der Waals surface area contributed by atoms with Crippen molar-refractivity contribution in [1.29, 1.82) is 0 Å². The van der Waals surface area contributed by atoms with Crippen LogP contribution in [0.5, 0.6) is 0 Å². The van der Waals surface area contributed by atoms with Crippen molar-refractivity contribution in [2.24, 2.45) is 0 Å². The summed E-state index contributed by atoms with van der Waals surface area (Å²) < 4.78 is 0. The molecule has 2 heteroatoms. The highest BCUT2D eigenvalue weighted by Gasteiger charge is 2.15. The molecule has 0 atom stereocenters. The maximum absolute atomic E-state index is 4.49. The number of aromatic nitrogens is 2. The summed E-state index contributed by atoms with van der Waals surface area (Å²) in [7, 11) is 0. The fraction of sp³-hybridized carbons (Fsp3) is 0. The van der Waals surface area contributed by atoms with E-state index in [4.69, 9.17) is 0 Å². The zero-order valence-corrected chi connectivity index (χ0v) is 22.9. The first kappa shape index (κ1) is 24.2. The molecule has 1 heterocycles. The molecule has 0 unspecified atom stereocenters. The molecule has 0 fully saturated rings. The van der Waals surface area contributed by atoms with Crippen molar-refractivity contribution in [3.05, 3.63) is 158 Å². The molecule has 196 valence electrons. The summed E-state index contributed by atoms with van der Waals surface area (Å²) in [6, 6.07) is 52.4. The number of benzene rings is 7. The van der Waals surface area contributed by atoms with Gasteiger partial charge in [0.2, 0.25) is 0 Å². The molecule has 2 nitrogen and oxygen atoms in total. The van der Waals surface area contributed by atoms with Gasteiger partial charge in [0, 0.05) is 18.0 Å². The molecule has 7 aromatic carbocycles. The molecule has 1 aromatic heterocycles. The Bertz CT molecular complexity index is 2220. The van der Waals surface area contributed by atoms with E-state index in [0.717, 1.165) is 11.4 Å². The van der Waals surface area contributed by atoms with Gasteiger partial charge in [0.05, 0.1) is 0 Å². The Morgan fingerprint density at radius 3 is 1.55 bits per heavy atom. The summed E-state index contributed by atoms with van der Waals surface area (Å²) in [5.41, 5.74) is 8.33. The number of nitrogens with zero attached hydrogens (tertiary/aromatic N) is 2. The van der Waals surface area contributed by atoms with Gasteiger partial charge in [-0.3, -0.25) is 0 Å². The molecule has 0 aliphatic carbocycles. The van der Waals surface area contributed by atoms with Crippen LogP contribution < -0.4 is 0 Å². The van der Waals surface area contributed by atoms with E-state index in [1.807, 2.05) is 6.07 Å². The first-order chi connectivity index (χ1) is 20.8. The molecule has 0 aliphatic heterocycles. The van der Waals surface area contributed by atoms with E-state index in [1.54, 1.807) is 12.4 Å². The monoisotopic (exact) mass is 534 g/mol. The Balaban J connectivity index is 1.40. The molecule has 0 saturated carbocycles. The highest BCUT2D eigenvalue weighted by Crippen LogP contribution is 2.41. The van der Waals surface area contributed by atoms with E-state index in [2.05, 4.69) is 149 Å². The molecule has 42 heavy (non-hydrogen) atoms. The van der Waals surface area contributed by atoms with Crippen LogP contribution in [-0.4, -0.2) is 9.97 Å². The Labute approximate surface area is 244 Å². The fourth-order valence-corrected chi connectivity index (χ4v) is 6.11. The van der Waals surface area contributed by atoms with E-state index in [0.29, 0.717) is 0 Å². The minimum Gasteiger partial charge on any atom is -0.237 e. The van der Waals surface area contributed by atoms with Gasteiger partial charge < -0.3 is 0 Å². The van der Waals surface area contributed by atoms with Crippen molar-refractivity contribution in [2.45, 2.75) is 0 Å². The predicted octanol–water partition coefficient (Wildman–Crippen LogP) is 10.6. The average molecular weight is 535 g/mol. The van der Waals surface area contributed by atoms with Gasteiger partial charge in [-0.15, -0.1) is 0 Å². The van der Waals surface area contributed by atoms with Crippen LogP contribution in [0.4, 0.5) is 0 Å². The van der Waals surface area contributed by atoms with Crippen molar-refractivity contribution in [1.82, 2.24) is 9.97 Å². The third-order valence-electron chi connectivity index (χ3n) is 8.14. The first-order valence-electron chi connectivity index (χ1n) is 14.2. The van der Waals surface area contributed by atoms with Gasteiger partial charge in [-0.05, 0) is 102 Å². The molecular formula is C40H26N2. The molecule has 0 amide bonds. The van der Waals surface area contributed by atoms with Crippen LogP contribution in [0.3, 0.4) is 0 Å². The van der Waals surface area contributed by atoms with Crippen LogP contribution >= 0.6 is 0 Å². The van der Waals surface area contributed by atoms with E-state index in [9.17, 15) is 0 Å². The topological polar surface area (TPSA) is 25.8 Å². The minimum atomic E-state index is 0.737. The standard InChI is InChI=1S/C40H26N2/c1-3-10-27(11-4-1)36-23-29-14-7-8-15-30(29)24-38(36)31-16-19-35-34-18-17-32(40-41-20-9-21-42-40)22-33(34)26-37(39(35)25-31)28-12-5-2-6-13-28/h1-26H. The Morgan fingerprint density at radius 2 is 0.857 bits per heavy atom. The van der Waals surface area contributed by atoms with Gasteiger partial charge in [-0.2, -0.15) is 0 Å². The second-order valence-corrected chi connectivity index (χ2v) is 10.7. The SMILES string of the molecule is c1ccc(-c2cc3ccccc3cc2-c2ccc3c(c2)c(-c2ccccc2)cc2cc(-c4ncccn4)ccc23)cc1. The van der Waals surface area contributed by atoms with E-state index < -0.39 is 0 Å². The van der Waals surface area contributed by atoms with Crippen molar-refractivity contribution >= 4 is 32.3 Å². The van der Waals surface area contributed by atoms with Crippen molar-refractivity contribution < 1.29 is 0 Å². The molecular weight excluding hydrogens is 508 g/mol. The zero-order chi connectivity index (χ0) is 27.9. The van der Waals surface area contributed by atoms with Gasteiger partial charge in [-0.25, -0.2) is 9.97 Å². The second-order valence-electron chi connectivity index (χ2n) is 10.7. The maximum atomic E-state index is 4.49. The molecule has 0 aliphatic rings. The predicted molar refractivity (Wildman–Crippen MR) is 176 cm³/mol. The van der Waals surface area contributed by atoms with Crippen molar-refractivity contribution in [3.63, 3.8) is 0 Å². The van der Waals surface area contributed by atoms with Gasteiger partial charge >= 0.3 is 0 Å². The number of rotatable bonds is 4. The largest absolute Gasteiger partial charge is 0.237 e. The van der Waals surface area contributed by atoms with Crippen LogP contribution in [0.2, 0.25) is 0 Å². The maximum Gasteiger partial charge on any atom is 0.159 e. The lowest BCUT2D eigenvalue weighted by Gasteiger charge is -2.16. The first-order valence-corrected chi connectivity index (χ1v) is 14.2. The average Bonchev–Trinajstić information content (AvgIpc) is 3.08. The Kier molecular flexibility index (Phi) is 5.82. The summed E-state index contributed by atoms with van der Waals surface area (Å²) in [6.45, 7) is 0. The highest BCUT2D eigenvalue weighted by molar-refractivity contribution is 6.15. The van der Waals surface area contributed by atoms with Gasteiger partial charge in [0.1, 0.15) is 0 Å². The summed E-state index contributed by atoms with van der Waals surface area (Å²) in [5, 5.41) is 7.35. The molecule has 0 bridgehead atoms. The number of hydrogen-bond acceptors (Lipinski definition) is 2. The Morgan fingerprint density at radius 1 is 0.310 bits per heavy atom. The van der Waals surface area contributed by atoms with Gasteiger partial charge in [-0.1, -0.05) is 109 Å². The zero-order valence-electron chi connectivity index (χ0n) is 22.9. The lowest BCUT2D eigenvalue weighted by molar-refractivity contribution is 1.18. The normalized spacial score (nSPS) is 11.3. The van der Waals surface area contributed by atoms with Gasteiger partial charge in [0.25, 0.3) is 0 Å². The minimum absolute atomic E-state index is 0.737. The van der Waals surface area contributed by atoms with E-state index in [-0.39, 0.29) is 0 Å². The van der Waals surface area contributed by atoms with Crippen LogP contribution in [0.1, 0.15) is 0 Å². The van der Waals surface area contributed by atoms with Crippen LogP contribution in [0, 0.1) is 0 Å². The molecule has 0 N–H and O–H groups in total. The smallest absolute Gasteiger partial charge is 0.159 e. The number of hydrogen-bond donors (Lipinski definition) is 0. The van der Waals surface area contributed by atoms with Crippen molar-refractivity contribution in [3.8, 4) is 44.8 Å². The van der Waals surface area contributed by atoms with Crippen molar-refractivity contribution in [2.75, 3.05) is 0 Å². The Hall–Kier alpha value is -5.60. The lowest BCUT2D eigenvalue weighted by Crippen LogP contribution is -1.91. The molecule has 8 aromatic rings. The lowest BCUT2D eigenvalue weighted by atomic mass is 9.87. The summed E-state index contributed by atoms with van der Waals surface area (Å²) in [4.78, 5) is 8.98. The quantitative estimate of drug-likeness (QED) is 0.210. The molecule has 0 saturated heterocycles. The molecule has 0 radical (unpaired) electrons. The molecule has 8 rings (SSSR count). The third-order valence-corrected chi connectivity index (χ3v) is 8.14. The third kappa shape index (κ3) is 4.22. The second kappa shape index (κ2) is 10.1.